The molecular weight excluding hydrogens is 389 g/mol. The van der Waals surface area contributed by atoms with Gasteiger partial charge in [-0.3, -0.25) is 4.79 Å². The molecule has 2 aromatic carbocycles. The molecule has 30 heavy (non-hydrogen) atoms. The van der Waals surface area contributed by atoms with Gasteiger partial charge in [0.15, 0.2) is 17.8 Å². The van der Waals surface area contributed by atoms with Crippen LogP contribution in [-0.4, -0.2) is 45.2 Å². The second-order valence-electron chi connectivity index (χ2n) is 6.57. The van der Waals surface area contributed by atoms with Gasteiger partial charge >= 0.3 is 0 Å². The Morgan fingerprint density at radius 1 is 0.967 bits per heavy atom. The summed E-state index contributed by atoms with van der Waals surface area (Å²) >= 11 is 0. The fourth-order valence-electron chi connectivity index (χ4n) is 3.01. The summed E-state index contributed by atoms with van der Waals surface area (Å²) in [5, 5.41) is 20.3. The number of nitrogens with one attached hydrogen (secondary N) is 1. The van der Waals surface area contributed by atoms with Crippen LogP contribution in [0.25, 0.3) is 22.6 Å². The average Bonchev–Trinajstić information content (AvgIpc) is 3.39. The second kappa shape index (κ2) is 7.28. The maximum absolute atomic E-state index is 13.1. The Hall–Kier alpha value is -4.28. The summed E-state index contributed by atoms with van der Waals surface area (Å²) in [5.74, 6) is 0.565. The molecule has 3 heterocycles. The Bertz CT molecular complexity index is 1370. The molecule has 5 aromatic rings. The van der Waals surface area contributed by atoms with Crippen molar-refractivity contribution in [1.82, 2.24) is 45.2 Å². The third kappa shape index (κ3) is 3.43. The molecule has 0 saturated carbocycles. The average molecular weight is 403 g/mol. The Morgan fingerprint density at radius 3 is 2.57 bits per heavy atom. The lowest BCUT2D eigenvalue weighted by atomic mass is 10.1. The number of fused-ring (bicyclic) bond motifs is 1. The lowest BCUT2D eigenvalue weighted by Crippen LogP contribution is -2.16. The van der Waals surface area contributed by atoms with E-state index in [0.717, 1.165) is 11.1 Å². The van der Waals surface area contributed by atoms with Crippen LogP contribution in [0.15, 0.2) is 59.4 Å². The molecule has 0 bridgehead atoms. The number of tetrazole rings is 1. The van der Waals surface area contributed by atoms with Gasteiger partial charge in [0.1, 0.15) is 11.6 Å². The Morgan fingerprint density at radius 2 is 1.77 bits per heavy atom. The summed E-state index contributed by atoms with van der Waals surface area (Å²) in [6.07, 6.45) is 0.330. The molecule has 10 nitrogen and oxygen atoms in total. The van der Waals surface area contributed by atoms with Crippen molar-refractivity contribution in [2.24, 2.45) is 0 Å². The van der Waals surface area contributed by atoms with Crippen LogP contribution < -0.4 is 5.56 Å². The fraction of sp³-hybridized carbons (Fsp3) is 0.105. The van der Waals surface area contributed by atoms with E-state index in [1.807, 2.05) is 30.3 Å². The van der Waals surface area contributed by atoms with Crippen LogP contribution in [0.4, 0.5) is 4.39 Å². The minimum absolute atomic E-state index is 0.0861. The molecule has 0 radical (unpaired) electrons. The van der Waals surface area contributed by atoms with Crippen molar-refractivity contribution in [2.45, 2.75) is 13.1 Å². The van der Waals surface area contributed by atoms with E-state index in [2.05, 4.69) is 35.7 Å². The zero-order valence-corrected chi connectivity index (χ0v) is 15.5. The normalized spacial score (nSPS) is 11.2. The number of rotatable bonds is 5. The van der Waals surface area contributed by atoms with E-state index in [4.69, 9.17) is 0 Å². The molecule has 5 rings (SSSR count). The topological polar surface area (TPSA) is 120 Å². The lowest BCUT2D eigenvalue weighted by molar-refractivity contribution is 0.442. The SMILES string of the molecule is O=c1[nH]c(Cc2ccc(F)cc2)nc2c1nnn2Cn1nnc(-c2ccccc2)n1. The monoisotopic (exact) mass is 403 g/mol. The van der Waals surface area contributed by atoms with E-state index in [-0.39, 0.29) is 18.0 Å². The molecule has 0 aliphatic carbocycles. The number of H-pyrrole nitrogens is 1. The molecule has 1 N–H and O–H groups in total. The van der Waals surface area contributed by atoms with E-state index >= 15 is 0 Å². The molecule has 0 aliphatic rings. The van der Waals surface area contributed by atoms with Crippen LogP contribution in [0, 0.1) is 5.82 Å². The number of aromatic amines is 1. The van der Waals surface area contributed by atoms with Crippen molar-refractivity contribution < 1.29 is 4.39 Å². The third-order valence-corrected chi connectivity index (χ3v) is 4.45. The molecule has 3 aromatic heterocycles. The Balaban J connectivity index is 1.45. The van der Waals surface area contributed by atoms with E-state index < -0.39 is 5.56 Å². The summed E-state index contributed by atoms with van der Waals surface area (Å²) in [5.41, 5.74) is 1.65. The number of hydrogen-bond acceptors (Lipinski definition) is 7. The summed E-state index contributed by atoms with van der Waals surface area (Å²) < 4.78 is 14.5. The standard InChI is InChI=1S/C19H14FN9O/c20-14-8-6-12(7-9-14)10-15-21-18-16(19(30)22-15)23-26-28(18)11-29-25-17(24-27-29)13-4-2-1-3-5-13/h1-9H,10-11H2,(H,21,22,30). The van der Waals surface area contributed by atoms with Crippen LogP contribution in [0.5, 0.6) is 0 Å². The third-order valence-electron chi connectivity index (χ3n) is 4.45. The zero-order chi connectivity index (χ0) is 20.5. The van der Waals surface area contributed by atoms with Crippen LogP contribution in [0.1, 0.15) is 11.4 Å². The molecule has 11 heteroatoms. The molecule has 0 fully saturated rings. The zero-order valence-electron chi connectivity index (χ0n) is 15.5. The highest BCUT2D eigenvalue weighted by Gasteiger charge is 2.14. The summed E-state index contributed by atoms with van der Waals surface area (Å²) in [4.78, 5) is 20.9. The quantitative estimate of drug-likeness (QED) is 0.471. The first-order chi connectivity index (χ1) is 14.7. The Kier molecular flexibility index (Phi) is 4.32. The van der Waals surface area contributed by atoms with Crippen LogP contribution >= 0.6 is 0 Å². The number of aromatic nitrogens is 9. The van der Waals surface area contributed by atoms with Gasteiger partial charge in [-0.2, -0.15) is 0 Å². The maximum atomic E-state index is 13.1. The molecule has 0 aliphatic heterocycles. The predicted molar refractivity (Wildman–Crippen MR) is 104 cm³/mol. The first kappa shape index (κ1) is 17.8. The van der Waals surface area contributed by atoms with Crippen LogP contribution in [0.3, 0.4) is 0 Å². The maximum Gasteiger partial charge on any atom is 0.281 e. The van der Waals surface area contributed by atoms with Crippen molar-refractivity contribution in [3.63, 3.8) is 0 Å². The van der Waals surface area contributed by atoms with Gasteiger partial charge in [-0.1, -0.05) is 47.7 Å². The highest BCUT2D eigenvalue weighted by atomic mass is 19.1. The second-order valence-corrected chi connectivity index (χ2v) is 6.57. The summed E-state index contributed by atoms with van der Waals surface area (Å²) in [6.45, 7) is 0.0861. The molecule has 148 valence electrons. The minimum Gasteiger partial charge on any atom is -0.308 e. The van der Waals surface area contributed by atoms with Crippen LogP contribution in [-0.2, 0) is 13.1 Å². The fourth-order valence-corrected chi connectivity index (χ4v) is 3.01. The Labute approximate surface area is 168 Å². The van der Waals surface area contributed by atoms with Gasteiger partial charge in [-0.05, 0) is 22.9 Å². The number of benzene rings is 2. The smallest absolute Gasteiger partial charge is 0.281 e. The van der Waals surface area contributed by atoms with Gasteiger partial charge in [-0.25, -0.2) is 14.1 Å². The predicted octanol–water partition coefficient (Wildman–Crippen LogP) is 1.40. The van der Waals surface area contributed by atoms with Crippen molar-refractivity contribution in [2.75, 3.05) is 0 Å². The van der Waals surface area contributed by atoms with Gasteiger partial charge < -0.3 is 4.98 Å². The molecule has 0 atom stereocenters. The molecular formula is C19H14FN9O. The number of halogens is 1. The number of hydrogen-bond donors (Lipinski definition) is 1. The van der Waals surface area contributed by atoms with Gasteiger partial charge in [0.2, 0.25) is 5.82 Å². The summed E-state index contributed by atoms with van der Waals surface area (Å²) in [6, 6.07) is 15.4. The molecule has 0 amide bonds. The van der Waals surface area contributed by atoms with Crippen molar-refractivity contribution in [1.29, 1.82) is 0 Å². The summed E-state index contributed by atoms with van der Waals surface area (Å²) in [7, 11) is 0. The van der Waals surface area contributed by atoms with Crippen molar-refractivity contribution >= 4 is 11.2 Å². The first-order valence-corrected chi connectivity index (χ1v) is 9.06. The number of nitrogens with zero attached hydrogens (tertiary/aromatic N) is 8. The van der Waals surface area contributed by atoms with Crippen LogP contribution in [0.2, 0.25) is 0 Å². The van der Waals surface area contributed by atoms with E-state index in [9.17, 15) is 9.18 Å². The molecule has 0 spiro atoms. The van der Waals surface area contributed by atoms with Gasteiger partial charge in [0.25, 0.3) is 5.56 Å². The highest BCUT2D eigenvalue weighted by molar-refractivity contribution is 5.68. The molecule has 0 saturated heterocycles. The van der Waals surface area contributed by atoms with Gasteiger partial charge in [-0.15, -0.1) is 20.1 Å². The van der Waals surface area contributed by atoms with E-state index in [1.54, 1.807) is 12.1 Å². The van der Waals surface area contributed by atoms with Crippen molar-refractivity contribution in [3.8, 4) is 11.4 Å². The van der Waals surface area contributed by atoms with Gasteiger partial charge in [0.05, 0.1) is 0 Å². The lowest BCUT2D eigenvalue weighted by Gasteiger charge is -2.03. The largest absolute Gasteiger partial charge is 0.308 e. The van der Waals surface area contributed by atoms with E-state index in [1.165, 1.54) is 21.6 Å². The van der Waals surface area contributed by atoms with Crippen molar-refractivity contribution in [3.05, 3.63) is 82.2 Å². The van der Waals surface area contributed by atoms with Gasteiger partial charge in [0, 0.05) is 12.0 Å². The minimum atomic E-state index is -0.403. The highest BCUT2D eigenvalue weighted by Crippen LogP contribution is 2.12. The van der Waals surface area contributed by atoms with E-state index in [0.29, 0.717) is 23.7 Å². The molecule has 0 unspecified atom stereocenters. The first-order valence-electron chi connectivity index (χ1n) is 9.06.